The van der Waals surface area contributed by atoms with Gasteiger partial charge in [0.2, 0.25) is 0 Å². The summed E-state index contributed by atoms with van der Waals surface area (Å²) in [5.41, 5.74) is 4.40. The highest BCUT2D eigenvalue weighted by Crippen LogP contribution is 2.33. The van der Waals surface area contributed by atoms with E-state index in [1.807, 2.05) is 12.1 Å². The molecule has 2 aliphatic rings. The first-order valence-electron chi connectivity index (χ1n) is 8.39. The first kappa shape index (κ1) is 14.3. The van der Waals surface area contributed by atoms with Gasteiger partial charge in [0.05, 0.1) is 6.04 Å². The van der Waals surface area contributed by atoms with Gasteiger partial charge in [-0.3, -0.25) is 4.79 Å². The van der Waals surface area contributed by atoms with Crippen LogP contribution in [0.1, 0.15) is 35.2 Å². The average Bonchev–Trinajstić information content (AvgIpc) is 2.84. The van der Waals surface area contributed by atoms with Crippen molar-refractivity contribution in [3.63, 3.8) is 0 Å². The van der Waals surface area contributed by atoms with Crippen molar-refractivity contribution in [2.24, 2.45) is 0 Å². The van der Waals surface area contributed by atoms with Gasteiger partial charge in [-0.2, -0.15) is 0 Å². The summed E-state index contributed by atoms with van der Waals surface area (Å²) in [6.07, 6.45) is 7.66. The molecule has 0 aliphatic carbocycles. The third kappa shape index (κ3) is 2.59. The van der Waals surface area contributed by atoms with E-state index >= 15 is 0 Å². The van der Waals surface area contributed by atoms with E-state index in [4.69, 9.17) is 0 Å². The van der Waals surface area contributed by atoms with Crippen molar-refractivity contribution in [3.8, 4) is 11.1 Å². The summed E-state index contributed by atoms with van der Waals surface area (Å²) >= 11 is 0. The summed E-state index contributed by atoms with van der Waals surface area (Å²) in [6, 6.07) is 17.2. The van der Waals surface area contributed by atoms with E-state index in [1.54, 1.807) is 0 Å². The molecular weight excluding hydrogens is 282 g/mol. The Bertz CT molecular complexity index is 742. The fourth-order valence-corrected chi connectivity index (χ4v) is 3.74. The Balaban J connectivity index is 1.57. The van der Waals surface area contributed by atoms with Crippen molar-refractivity contribution in [3.05, 3.63) is 71.8 Å². The second-order valence-corrected chi connectivity index (χ2v) is 6.62. The fourth-order valence-electron chi connectivity index (χ4n) is 3.74. The summed E-state index contributed by atoms with van der Waals surface area (Å²) in [5.74, 6) is 0.178. The maximum Gasteiger partial charge on any atom is 0.254 e. The highest BCUT2D eigenvalue weighted by molar-refractivity contribution is 5.95. The molecule has 1 amide bonds. The lowest BCUT2D eigenvalue weighted by Gasteiger charge is -2.31. The number of carbonyl (C=O) groups is 1. The van der Waals surface area contributed by atoms with Crippen molar-refractivity contribution in [2.75, 3.05) is 0 Å². The minimum Gasteiger partial charge on any atom is -0.329 e. The van der Waals surface area contributed by atoms with Gasteiger partial charge < -0.3 is 4.90 Å². The number of hydrogen-bond acceptors (Lipinski definition) is 1. The summed E-state index contributed by atoms with van der Waals surface area (Å²) in [4.78, 5) is 14.9. The zero-order valence-electron chi connectivity index (χ0n) is 13.4. The molecule has 4 rings (SSSR count). The van der Waals surface area contributed by atoms with Crippen LogP contribution in [0.4, 0.5) is 0 Å². The highest BCUT2D eigenvalue weighted by Gasteiger charge is 2.37. The molecule has 2 atom stereocenters. The molecule has 0 saturated carbocycles. The minimum atomic E-state index is 0.178. The zero-order chi connectivity index (χ0) is 15.8. The number of benzene rings is 2. The first-order chi connectivity index (χ1) is 11.2. The van der Waals surface area contributed by atoms with Crippen LogP contribution in [-0.4, -0.2) is 22.9 Å². The zero-order valence-corrected chi connectivity index (χ0v) is 13.4. The predicted octanol–water partition coefficient (Wildman–Crippen LogP) is 4.60. The van der Waals surface area contributed by atoms with E-state index in [-0.39, 0.29) is 5.91 Å². The van der Waals surface area contributed by atoms with Crippen LogP contribution in [0.25, 0.3) is 11.1 Å². The van der Waals surface area contributed by atoms with E-state index in [9.17, 15) is 4.79 Å². The van der Waals surface area contributed by atoms with Crippen LogP contribution in [0, 0.1) is 6.92 Å². The lowest BCUT2D eigenvalue weighted by Crippen LogP contribution is -2.42. The van der Waals surface area contributed by atoms with Crippen LogP contribution in [0.3, 0.4) is 0 Å². The van der Waals surface area contributed by atoms with E-state index < -0.39 is 0 Å². The van der Waals surface area contributed by atoms with Gasteiger partial charge in [0, 0.05) is 11.6 Å². The maximum absolute atomic E-state index is 12.8. The number of hydrogen-bond donors (Lipinski definition) is 0. The lowest BCUT2D eigenvalue weighted by atomic mass is 10.0. The third-order valence-corrected chi connectivity index (χ3v) is 5.06. The smallest absolute Gasteiger partial charge is 0.254 e. The Labute approximate surface area is 137 Å². The Hall–Kier alpha value is -2.35. The highest BCUT2D eigenvalue weighted by atomic mass is 16.2. The van der Waals surface area contributed by atoms with Gasteiger partial charge in [-0.25, -0.2) is 0 Å². The Kier molecular flexibility index (Phi) is 3.53. The second kappa shape index (κ2) is 5.69. The maximum atomic E-state index is 12.8. The van der Waals surface area contributed by atoms with Crippen LogP contribution < -0.4 is 0 Å². The quantitative estimate of drug-likeness (QED) is 0.743. The molecule has 0 N–H and O–H groups in total. The molecule has 2 nitrogen and oxygen atoms in total. The average molecular weight is 303 g/mol. The van der Waals surface area contributed by atoms with Gasteiger partial charge in [0.25, 0.3) is 5.91 Å². The van der Waals surface area contributed by atoms with Crippen molar-refractivity contribution >= 4 is 5.91 Å². The molecule has 2 heterocycles. The van der Waals surface area contributed by atoms with Gasteiger partial charge in [-0.15, -0.1) is 0 Å². The van der Waals surface area contributed by atoms with Crippen molar-refractivity contribution in [2.45, 2.75) is 38.3 Å². The first-order valence-corrected chi connectivity index (χ1v) is 8.39. The van der Waals surface area contributed by atoms with Crippen molar-refractivity contribution in [1.82, 2.24) is 4.90 Å². The molecule has 116 valence electrons. The molecule has 2 aromatic rings. The number of fused-ring (bicyclic) bond motifs is 2. The molecule has 1 saturated heterocycles. The number of carbonyl (C=O) groups excluding carboxylic acids is 1. The number of aryl methyl sites for hydroxylation is 1. The van der Waals surface area contributed by atoms with Gasteiger partial charge in [-0.1, -0.05) is 54.1 Å². The largest absolute Gasteiger partial charge is 0.329 e. The number of rotatable bonds is 2. The molecule has 2 aromatic carbocycles. The fraction of sp³-hybridized carbons (Fsp3) is 0.286. The molecular formula is C21H21NO. The van der Waals surface area contributed by atoms with Crippen LogP contribution >= 0.6 is 0 Å². The molecule has 2 unspecified atom stereocenters. The Morgan fingerprint density at radius 3 is 2.26 bits per heavy atom. The molecule has 0 aromatic heterocycles. The SMILES string of the molecule is Cc1ccc(-c2ccc(C(=O)N3C4C=CCC3CC4)cc2)cc1. The molecule has 2 heteroatoms. The standard InChI is InChI=1S/C21H21NO/c1-15-5-7-16(8-6-15)17-9-11-18(12-10-17)21(23)22-19-3-2-4-20(22)14-13-19/h2-3,5-12,19-20H,4,13-14H2,1H3. The van der Waals surface area contributed by atoms with Crippen LogP contribution in [0.5, 0.6) is 0 Å². The van der Waals surface area contributed by atoms with Gasteiger partial charge in [-0.05, 0) is 49.4 Å². The minimum absolute atomic E-state index is 0.178. The normalized spacial score (nSPS) is 22.4. The molecule has 1 fully saturated rings. The summed E-state index contributed by atoms with van der Waals surface area (Å²) in [7, 11) is 0. The van der Waals surface area contributed by atoms with E-state index in [1.165, 1.54) is 11.1 Å². The van der Waals surface area contributed by atoms with Gasteiger partial charge in [0.1, 0.15) is 0 Å². The number of amides is 1. The van der Waals surface area contributed by atoms with Gasteiger partial charge >= 0.3 is 0 Å². The molecule has 0 spiro atoms. The second-order valence-electron chi connectivity index (χ2n) is 6.62. The molecule has 2 bridgehead atoms. The molecule has 2 aliphatic heterocycles. The monoisotopic (exact) mass is 303 g/mol. The summed E-state index contributed by atoms with van der Waals surface area (Å²) < 4.78 is 0. The molecule has 23 heavy (non-hydrogen) atoms. The lowest BCUT2D eigenvalue weighted by molar-refractivity contribution is 0.0689. The Morgan fingerprint density at radius 2 is 1.61 bits per heavy atom. The van der Waals surface area contributed by atoms with Crippen LogP contribution in [0.15, 0.2) is 60.7 Å². The van der Waals surface area contributed by atoms with E-state index in [0.717, 1.165) is 30.4 Å². The summed E-state index contributed by atoms with van der Waals surface area (Å²) in [6.45, 7) is 2.09. The Morgan fingerprint density at radius 1 is 0.957 bits per heavy atom. The van der Waals surface area contributed by atoms with E-state index in [2.05, 4.69) is 60.4 Å². The molecule has 0 radical (unpaired) electrons. The topological polar surface area (TPSA) is 20.3 Å². The van der Waals surface area contributed by atoms with E-state index in [0.29, 0.717) is 12.1 Å². The third-order valence-electron chi connectivity index (χ3n) is 5.06. The summed E-state index contributed by atoms with van der Waals surface area (Å²) in [5, 5.41) is 0. The van der Waals surface area contributed by atoms with Crippen LogP contribution in [0.2, 0.25) is 0 Å². The van der Waals surface area contributed by atoms with Crippen molar-refractivity contribution in [1.29, 1.82) is 0 Å². The number of nitrogens with zero attached hydrogens (tertiary/aromatic N) is 1. The van der Waals surface area contributed by atoms with Gasteiger partial charge in [0.15, 0.2) is 0 Å². The van der Waals surface area contributed by atoms with Crippen LogP contribution in [-0.2, 0) is 0 Å². The van der Waals surface area contributed by atoms with Crippen molar-refractivity contribution < 1.29 is 4.79 Å². The predicted molar refractivity (Wildman–Crippen MR) is 93.4 cm³/mol.